The molecule has 0 bridgehead atoms. The molecular weight excluding hydrogens is 597 g/mol. The molecule has 0 aromatic heterocycles. The number of aryl methyl sites for hydroxylation is 3. The molecule has 0 aliphatic rings. The number of hydrogen-bond acceptors (Lipinski definition) is 3. The van der Waals surface area contributed by atoms with E-state index < -0.39 is 16.3 Å². The van der Waals surface area contributed by atoms with Crippen molar-refractivity contribution in [2.45, 2.75) is 132 Å². The normalized spacial score (nSPS) is 11.8. The number of para-hydroxylation sites is 1. The van der Waals surface area contributed by atoms with Gasteiger partial charge in [0.25, 0.3) is 0 Å². The summed E-state index contributed by atoms with van der Waals surface area (Å²) in [5.41, 5.74) is 4.08. The Hall–Kier alpha value is -3.50. The molecule has 0 unspecified atom stereocenters. The fourth-order valence-corrected chi connectivity index (χ4v) is 9.15. The highest BCUT2D eigenvalue weighted by molar-refractivity contribution is 8.30. The summed E-state index contributed by atoms with van der Waals surface area (Å²) in [6.45, 7) is 6.73. The highest BCUT2D eigenvalue weighted by atomic mass is 32.3. The second kappa shape index (κ2) is 19.4. The Balaban J connectivity index is 1.79. The third-order valence-corrected chi connectivity index (χ3v) is 12.3. The van der Waals surface area contributed by atoms with Gasteiger partial charge in [-0.1, -0.05) is 127 Å². The SMILES string of the molecule is CCCCCCc1ccc(S(OC(=O)c2ccccc2O)(c2ccc(CCCCCC)cc2)c2ccc(CCCCCC)cc2)cc1. The zero-order chi connectivity index (χ0) is 33.3. The molecule has 0 fully saturated rings. The zero-order valence-corrected chi connectivity index (χ0v) is 29.8. The molecule has 4 aromatic carbocycles. The van der Waals surface area contributed by atoms with Gasteiger partial charge < -0.3 is 9.29 Å². The molecule has 0 saturated carbocycles. The van der Waals surface area contributed by atoms with Crippen LogP contribution in [0.25, 0.3) is 0 Å². The zero-order valence-electron chi connectivity index (χ0n) is 29.0. The van der Waals surface area contributed by atoms with Crippen LogP contribution in [0.3, 0.4) is 0 Å². The van der Waals surface area contributed by atoms with E-state index in [-0.39, 0.29) is 11.3 Å². The van der Waals surface area contributed by atoms with Crippen LogP contribution in [0.15, 0.2) is 112 Å². The highest BCUT2D eigenvalue weighted by Gasteiger charge is 2.36. The molecule has 0 saturated heterocycles. The van der Waals surface area contributed by atoms with Crippen LogP contribution in [0.4, 0.5) is 0 Å². The van der Waals surface area contributed by atoms with Crippen molar-refractivity contribution in [3.63, 3.8) is 0 Å². The topological polar surface area (TPSA) is 46.5 Å². The lowest BCUT2D eigenvalue weighted by Gasteiger charge is -2.40. The molecule has 0 aliphatic carbocycles. The molecule has 0 radical (unpaired) electrons. The number of phenols is 1. The maximum atomic E-state index is 14.0. The molecule has 3 nitrogen and oxygen atoms in total. The predicted octanol–water partition coefficient (Wildman–Crippen LogP) is 12.8. The predicted molar refractivity (Wildman–Crippen MR) is 199 cm³/mol. The smallest absolute Gasteiger partial charge is 0.353 e. The van der Waals surface area contributed by atoms with Crippen molar-refractivity contribution >= 4 is 16.3 Å². The summed E-state index contributed by atoms with van der Waals surface area (Å²) in [6.07, 6.45) is 17.8. The summed E-state index contributed by atoms with van der Waals surface area (Å²) >= 11 is 0. The molecule has 4 aromatic rings. The molecule has 0 heterocycles. The van der Waals surface area contributed by atoms with Crippen LogP contribution in [0.1, 0.15) is 125 Å². The fraction of sp³-hybridized carbons (Fsp3) is 0.419. The fourth-order valence-electron chi connectivity index (χ4n) is 6.17. The van der Waals surface area contributed by atoms with Gasteiger partial charge in [-0.05, 0) is 114 Å². The summed E-state index contributed by atoms with van der Waals surface area (Å²) < 4.78 is 6.81. The van der Waals surface area contributed by atoms with Gasteiger partial charge in [-0.3, -0.25) is 0 Å². The van der Waals surface area contributed by atoms with Crippen molar-refractivity contribution in [2.24, 2.45) is 0 Å². The van der Waals surface area contributed by atoms with Crippen molar-refractivity contribution in [1.82, 2.24) is 0 Å². The van der Waals surface area contributed by atoms with Crippen LogP contribution in [0, 0.1) is 0 Å². The summed E-state index contributed by atoms with van der Waals surface area (Å²) in [6, 6.07) is 32.9. The number of phenolic OH excluding ortho intramolecular Hbond substituents is 1. The maximum Gasteiger partial charge on any atom is 0.353 e. The van der Waals surface area contributed by atoms with Gasteiger partial charge in [0, 0.05) is 14.7 Å². The highest BCUT2D eigenvalue weighted by Crippen LogP contribution is 2.69. The maximum absolute atomic E-state index is 14.0. The number of carbonyl (C=O) groups excluding carboxylic acids is 1. The Morgan fingerprint density at radius 2 is 0.872 bits per heavy atom. The van der Waals surface area contributed by atoms with Gasteiger partial charge in [-0.25, -0.2) is 4.79 Å². The average Bonchev–Trinajstić information content (AvgIpc) is 3.10. The van der Waals surface area contributed by atoms with Crippen LogP contribution < -0.4 is 0 Å². The van der Waals surface area contributed by atoms with Crippen molar-refractivity contribution in [1.29, 1.82) is 0 Å². The van der Waals surface area contributed by atoms with Crippen molar-refractivity contribution in [2.75, 3.05) is 0 Å². The van der Waals surface area contributed by atoms with Gasteiger partial charge >= 0.3 is 5.97 Å². The second-order valence-corrected chi connectivity index (χ2v) is 15.5. The van der Waals surface area contributed by atoms with E-state index in [2.05, 4.69) is 93.6 Å². The number of rotatable bonds is 20. The number of hydrogen-bond donors (Lipinski definition) is 1. The van der Waals surface area contributed by atoms with Crippen molar-refractivity contribution in [3.05, 3.63) is 119 Å². The first-order chi connectivity index (χ1) is 23.0. The van der Waals surface area contributed by atoms with E-state index in [1.165, 1.54) is 93.7 Å². The first-order valence-electron chi connectivity index (χ1n) is 18.1. The van der Waals surface area contributed by atoms with Crippen LogP contribution in [0.5, 0.6) is 5.75 Å². The molecule has 0 amide bonds. The van der Waals surface area contributed by atoms with Gasteiger partial charge in [0.2, 0.25) is 0 Å². The van der Waals surface area contributed by atoms with Crippen LogP contribution in [-0.2, 0) is 23.4 Å². The lowest BCUT2D eigenvalue weighted by Crippen LogP contribution is -2.14. The average molecular weight is 653 g/mol. The van der Waals surface area contributed by atoms with Gasteiger partial charge in [-0.15, -0.1) is 0 Å². The molecular formula is C43H56O3S. The third kappa shape index (κ3) is 10.2. The van der Waals surface area contributed by atoms with E-state index in [1.54, 1.807) is 24.3 Å². The number of unbranched alkanes of at least 4 members (excludes halogenated alkanes) is 9. The molecule has 0 spiro atoms. The lowest BCUT2D eigenvalue weighted by atomic mass is 10.1. The molecule has 252 valence electrons. The minimum absolute atomic E-state index is 0.0712. The van der Waals surface area contributed by atoms with Gasteiger partial charge in [0.1, 0.15) is 11.3 Å². The van der Waals surface area contributed by atoms with E-state index in [4.69, 9.17) is 4.18 Å². The van der Waals surface area contributed by atoms with Crippen molar-refractivity contribution < 1.29 is 14.1 Å². The number of aromatic hydroxyl groups is 1. The molecule has 4 rings (SSSR count). The van der Waals surface area contributed by atoms with Crippen LogP contribution in [0.2, 0.25) is 0 Å². The summed E-state index contributed by atoms with van der Waals surface area (Å²) in [5.74, 6) is -0.591. The van der Waals surface area contributed by atoms with Crippen LogP contribution >= 0.6 is 10.3 Å². The Labute approximate surface area is 286 Å². The van der Waals surface area contributed by atoms with E-state index in [1.807, 2.05) is 0 Å². The van der Waals surface area contributed by atoms with E-state index in [9.17, 15) is 9.90 Å². The van der Waals surface area contributed by atoms with Crippen molar-refractivity contribution in [3.8, 4) is 5.75 Å². The van der Waals surface area contributed by atoms with E-state index in [0.717, 1.165) is 33.9 Å². The summed E-state index contributed by atoms with van der Waals surface area (Å²) in [4.78, 5) is 17.0. The number of carbonyl (C=O) groups is 1. The minimum atomic E-state index is -2.50. The number of benzene rings is 4. The first kappa shape index (κ1) is 36.3. The van der Waals surface area contributed by atoms with Crippen LogP contribution in [-0.4, -0.2) is 11.1 Å². The quantitative estimate of drug-likeness (QED) is 0.0966. The van der Waals surface area contributed by atoms with E-state index >= 15 is 0 Å². The largest absolute Gasteiger partial charge is 0.507 e. The Bertz CT molecular complexity index is 1340. The lowest BCUT2D eigenvalue weighted by molar-refractivity contribution is 0.0754. The first-order valence-corrected chi connectivity index (χ1v) is 19.7. The molecule has 1 N–H and O–H groups in total. The van der Waals surface area contributed by atoms with Gasteiger partial charge in [-0.2, -0.15) is 0 Å². The summed E-state index contributed by atoms with van der Waals surface area (Å²) in [5, 5.41) is 10.7. The molecule has 4 heteroatoms. The van der Waals surface area contributed by atoms with E-state index in [0.29, 0.717) is 0 Å². The van der Waals surface area contributed by atoms with Gasteiger partial charge in [0.15, 0.2) is 0 Å². The Morgan fingerprint density at radius 1 is 0.511 bits per heavy atom. The minimum Gasteiger partial charge on any atom is -0.507 e. The monoisotopic (exact) mass is 652 g/mol. The molecule has 0 atom stereocenters. The Kier molecular flexibility index (Phi) is 15.0. The standard InChI is InChI=1S/C43H56O3S/c1-4-7-10-13-18-35-23-29-38(30-24-35)47(46-43(45)41-21-16-17-22-42(41)44,39-31-25-36(26-32-39)19-14-11-8-5-2)40-33-27-37(28-34-40)20-15-12-9-6-3/h16-17,21-34,44H,4-15,18-20H2,1-3H3. The third-order valence-electron chi connectivity index (χ3n) is 9.05. The summed E-state index contributed by atoms with van der Waals surface area (Å²) in [7, 11) is -2.50. The second-order valence-electron chi connectivity index (χ2n) is 12.8. The van der Waals surface area contributed by atoms with Gasteiger partial charge in [0.05, 0.1) is 0 Å². The molecule has 0 aliphatic heterocycles. The Morgan fingerprint density at radius 3 is 1.21 bits per heavy atom. The molecule has 47 heavy (non-hydrogen) atoms.